The summed E-state index contributed by atoms with van der Waals surface area (Å²) in [5, 5.41) is 11.0. The van der Waals surface area contributed by atoms with Gasteiger partial charge in [-0.2, -0.15) is 11.8 Å². The van der Waals surface area contributed by atoms with Crippen molar-refractivity contribution in [2.24, 2.45) is 0 Å². The van der Waals surface area contributed by atoms with Crippen LogP contribution in [-0.4, -0.2) is 49.0 Å². The number of hydrogen-bond donors (Lipinski definition) is 3. The molecule has 0 bridgehead atoms. The van der Waals surface area contributed by atoms with E-state index in [-0.39, 0.29) is 24.2 Å². The molecule has 1 atom stereocenters. The zero-order valence-electron chi connectivity index (χ0n) is 12.3. The number of nitrogens with one attached hydrogen (secondary N) is 3. The van der Waals surface area contributed by atoms with Crippen LogP contribution in [0.5, 0.6) is 0 Å². The molecule has 1 fully saturated rings. The second-order valence-corrected chi connectivity index (χ2v) is 6.96. The summed E-state index contributed by atoms with van der Waals surface area (Å²) in [6, 6.07) is 3.95. The predicted octanol–water partition coefficient (Wildman–Crippen LogP) is 1.50. The highest BCUT2D eigenvalue weighted by Gasteiger charge is 2.16. The average Bonchev–Trinajstić information content (AvgIpc) is 3.02. The number of hydrogen-bond acceptors (Lipinski definition) is 5. The Morgan fingerprint density at radius 2 is 2.14 bits per heavy atom. The second kappa shape index (κ2) is 10.9. The third-order valence-electron chi connectivity index (χ3n) is 3.14. The minimum Gasteiger partial charge on any atom is -0.356 e. The first-order valence-corrected chi connectivity index (χ1v) is 9.18. The van der Waals surface area contributed by atoms with E-state index in [9.17, 15) is 9.59 Å². The maximum absolute atomic E-state index is 11.7. The SMILES string of the molecule is Cl.O=C(CC1CSCCN1)NCCCNC(=O)c1cccs1. The van der Waals surface area contributed by atoms with Crippen LogP contribution >= 0.6 is 35.5 Å². The molecule has 1 aliphatic heterocycles. The second-order valence-electron chi connectivity index (χ2n) is 4.87. The standard InChI is InChI=1S/C14H21N3O2S2.ClH/c18-13(9-11-10-20-8-6-15-11)16-4-2-5-17-14(19)12-3-1-7-21-12;/h1,3,7,11,15H,2,4-6,8-10H2,(H,16,18)(H,17,19);1H. The van der Waals surface area contributed by atoms with Crippen molar-refractivity contribution in [2.45, 2.75) is 18.9 Å². The van der Waals surface area contributed by atoms with Crippen LogP contribution in [0.2, 0.25) is 0 Å². The number of thiophene rings is 1. The van der Waals surface area contributed by atoms with E-state index in [0.717, 1.165) is 29.3 Å². The molecule has 0 saturated carbocycles. The van der Waals surface area contributed by atoms with E-state index in [2.05, 4.69) is 16.0 Å². The van der Waals surface area contributed by atoms with Crippen molar-refractivity contribution in [1.82, 2.24) is 16.0 Å². The van der Waals surface area contributed by atoms with Crippen LogP contribution < -0.4 is 16.0 Å². The zero-order valence-corrected chi connectivity index (χ0v) is 14.7. The van der Waals surface area contributed by atoms with Gasteiger partial charge in [0.2, 0.25) is 5.91 Å². The molecule has 8 heteroatoms. The number of amides is 2. The van der Waals surface area contributed by atoms with Gasteiger partial charge in [0.1, 0.15) is 0 Å². The van der Waals surface area contributed by atoms with Crippen LogP contribution in [0.25, 0.3) is 0 Å². The van der Waals surface area contributed by atoms with Gasteiger partial charge in [-0.05, 0) is 17.9 Å². The molecule has 124 valence electrons. The Bertz CT molecular complexity index is 451. The van der Waals surface area contributed by atoms with Crippen molar-refractivity contribution in [3.05, 3.63) is 22.4 Å². The van der Waals surface area contributed by atoms with Crippen LogP contribution in [0.3, 0.4) is 0 Å². The lowest BCUT2D eigenvalue weighted by atomic mass is 10.2. The lowest BCUT2D eigenvalue weighted by Crippen LogP contribution is -2.41. The lowest BCUT2D eigenvalue weighted by molar-refractivity contribution is -0.121. The third kappa shape index (κ3) is 7.00. The lowest BCUT2D eigenvalue weighted by Gasteiger charge is -2.22. The molecule has 3 N–H and O–H groups in total. The molecule has 22 heavy (non-hydrogen) atoms. The highest BCUT2D eigenvalue weighted by Crippen LogP contribution is 2.10. The molecule has 1 aliphatic rings. The number of rotatable bonds is 7. The van der Waals surface area contributed by atoms with Crippen molar-refractivity contribution < 1.29 is 9.59 Å². The first-order valence-electron chi connectivity index (χ1n) is 7.15. The van der Waals surface area contributed by atoms with E-state index < -0.39 is 0 Å². The number of halogens is 1. The van der Waals surface area contributed by atoms with Crippen LogP contribution in [0.1, 0.15) is 22.5 Å². The highest BCUT2D eigenvalue weighted by molar-refractivity contribution is 7.99. The quantitative estimate of drug-likeness (QED) is 0.642. The van der Waals surface area contributed by atoms with Gasteiger partial charge in [-0.25, -0.2) is 0 Å². The topological polar surface area (TPSA) is 70.2 Å². The number of thioether (sulfide) groups is 1. The fourth-order valence-corrected chi connectivity index (χ4v) is 3.65. The van der Waals surface area contributed by atoms with Gasteiger partial charge < -0.3 is 16.0 Å². The largest absolute Gasteiger partial charge is 0.356 e. The molecule has 1 unspecified atom stereocenters. The van der Waals surface area contributed by atoms with Crippen LogP contribution in [0, 0.1) is 0 Å². The summed E-state index contributed by atoms with van der Waals surface area (Å²) in [4.78, 5) is 24.1. The van der Waals surface area contributed by atoms with E-state index in [4.69, 9.17) is 0 Å². The van der Waals surface area contributed by atoms with Crippen molar-refractivity contribution in [2.75, 3.05) is 31.1 Å². The van der Waals surface area contributed by atoms with Crippen molar-refractivity contribution in [3.63, 3.8) is 0 Å². The van der Waals surface area contributed by atoms with Gasteiger partial charge in [0.15, 0.2) is 0 Å². The Morgan fingerprint density at radius 3 is 2.82 bits per heavy atom. The zero-order chi connectivity index (χ0) is 14.9. The molecular weight excluding hydrogens is 342 g/mol. The highest BCUT2D eigenvalue weighted by atomic mass is 35.5. The minimum atomic E-state index is -0.0419. The molecule has 1 saturated heterocycles. The van der Waals surface area contributed by atoms with E-state index in [1.807, 2.05) is 23.2 Å². The molecule has 0 aliphatic carbocycles. The van der Waals surface area contributed by atoms with Gasteiger partial charge in [-0.15, -0.1) is 23.7 Å². The first kappa shape index (κ1) is 19.3. The summed E-state index contributed by atoms with van der Waals surface area (Å²) in [5.74, 6) is 2.17. The van der Waals surface area contributed by atoms with E-state index in [0.29, 0.717) is 25.6 Å². The smallest absolute Gasteiger partial charge is 0.261 e. The molecular formula is C14H22ClN3O2S2. The van der Waals surface area contributed by atoms with E-state index in [1.165, 1.54) is 11.3 Å². The Hall–Kier alpha value is -0.760. The first-order chi connectivity index (χ1) is 10.3. The summed E-state index contributed by atoms with van der Waals surface area (Å²) in [6.07, 6.45) is 1.28. The fraction of sp³-hybridized carbons (Fsp3) is 0.571. The third-order valence-corrected chi connectivity index (χ3v) is 5.14. The molecule has 2 rings (SSSR count). The average molecular weight is 364 g/mol. The van der Waals surface area contributed by atoms with Gasteiger partial charge in [0.05, 0.1) is 4.88 Å². The fourth-order valence-electron chi connectivity index (χ4n) is 2.06. The number of carbonyl (C=O) groups excluding carboxylic acids is 2. The Kier molecular flexibility index (Phi) is 9.54. The molecule has 1 aromatic heterocycles. The van der Waals surface area contributed by atoms with Crippen LogP contribution in [0.4, 0.5) is 0 Å². The van der Waals surface area contributed by atoms with E-state index in [1.54, 1.807) is 6.07 Å². The van der Waals surface area contributed by atoms with Crippen LogP contribution in [0.15, 0.2) is 17.5 Å². The summed E-state index contributed by atoms with van der Waals surface area (Å²) in [7, 11) is 0. The van der Waals surface area contributed by atoms with Gasteiger partial charge in [0.25, 0.3) is 5.91 Å². The maximum atomic E-state index is 11.7. The molecule has 0 radical (unpaired) electrons. The summed E-state index contributed by atoms with van der Waals surface area (Å²) in [5.41, 5.74) is 0. The molecule has 2 heterocycles. The van der Waals surface area contributed by atoms with Crippen molar-refractivity contribution in [1.29, 1.82) is 0 Å². The van der Waals surface area contributed by atoms with Gasteiger partial charge in [0, 0.05) is 43.6 Å². The molecule has 5 nitrogen and oxygen atoms in total. The Balaban J connectivity index is 0.00000242. The predicted molar refractivity (Wildman–Crippen MR) is 95.3 cm³/mol. The maximum Gasteiger partial charge on any atom is 0.261 e. The van der Waals surface area contributed by atoms with Gasteiger partial charge >= 0.3 is 0 Å². The molecule has 2 amide bonds. The van der Waals surface area contributed by atoms with Gasteiger partial charge in [-0.1, -0.05) is 6.07 Å². The number of carbonyl (C=O) groups is 2. The minimum absolute atomic E-state index is 0. The summed E-state index contributed by atoms with van der Waals surface area (Å²) in [6.45, 7) is 2.16. The summed E-state index contributed by atoms with van der Waals surface area (Å²) >= 11 is 3.32. The normalized spacial score (nSPS) is 17.4. The van der Waals surface area contributed by atoms with Crippen molar-refractivity contribution in [3.8, 4) is 0 Å². The monoisotopic (exact) mass is 363 g/mol. The Labute approximate surface area is 145 Å². The van der Waals surface area contributed by atoms with Gasteiger partial charge in [-0.3, -0.25) is 9.59 Å². The molecule has 0 aromatic carbocycles. The molecule has 1 aromatic rings. The van der Waals surface area contributed by atoms with Crippen molar-refractivity contribution >= 4 is 47.3 Å². The Morgan fingerprint density at radius 1 is 1.32 bits per heavy atom. The summed E-state index contributed by atoms with van der Waals surface area (Å²) < 4.78 is 0. The van der Waals surface area contributed by atoms with Crippen LogP contribution in [-0.2, 0) is 4.79 Å². The molecule has 0 spiro atoms. The van der Waals surface area contributed by atoms with E-state index >= 15 is 0 Å².